The van der Waals surface area contributed by atoms with Crippen LogP contribution in [0.4, 0.5) is 4.79 Å². The van der Waals surface area contributed by atoms with Crippen LogP contribution in [0.3, 0.4) is 0 Å². The Morgan fingerprint density at radius 3 is 2.21 bits per heavy atom. The molecule has 1 aromatic rings. The van der Waals surface area contributed by atoms with Gasteiger partial charge < -0.3 is 26.6 Å². The van der Waals surface area contributed by atoms with E-state index in [4.69, 9.17) is 28.9 Å². The summed E-state index contributed by atoms with van der Waals surface area (Å²) in [4.78, 5) is 67.3. The molecular weight excluding hydrogens is 593 g/mol. The first-order valence-corrected chi connectivity index (χ1v) is 16.3. The quantitative estimate of drug-likeness (QED) is 0.231. The van der Waals surface area contributed by atoms with Crippen LogP contribution in [-0.2, 0) is 32.0 Å². The van der Waals surface area contributed by atoms with Gasteiger partial charge in [-0.2, -0.15) is 0 Å². The minimum absolute atomic E-state index is 0.0579. The number of nitrogens with two attached hydrogens (primary N) is 1. The number of ketones is 1. The van der Waals surface area contributed by atoms with Crippen LogP contribution in [0.2, 0.25) is 0 Å². The number of rotatable bonds is 10. The molecule has 1 saturated heterocycles. The second-order valence-electron chi connectivity index (χ2n) is 13.1. The summed E-state index contributed by atoms with van der Waals surface area (Å²) in [5.74, 6) is -3.81. The summed E-state index contributed by atoms with van der Waals surface area (Å²) in [6, 6.07) is 4.63. The van der Waals surface area contributed by atoms with Gasteiger partial charge in [0.2, 0.25) is 17.6 Å². The Labute approximate surface area is 261 Å². The summed E-state index contributed by atoms with van der Waals surface area (Å²) in [5.41, 5.74) is 7.55. The van der Waals surface area contributed by atoms with Crippen molar-refractivity contribution in [3.63, 3.8) is 0 Å². The molecule has 5 atom stereocenters. The minimum atomic E-state index is -1.19. The van der Waals surface area contributed by atoms with Crippen molar-refractivity contribution in [1.29, 1.82) is 0 Å². The number of nitrogens with one attached hydrogen (secondary N) is 3. The number of Topliss-reactive ketones (excluding diaryl/α,β-unsaturated/α-hetero) is 1. The highest BCUT2D eigenvalue weighted by atomic mass is 35.5. The second-order valence-corrected chi connectivity index (χ2v) is 14.5. The largest absolute Gasteiger partial charge is 0.363 e. The van der Waals surface area contributed by atoms with E-state index in [0.29, 0.717) is 19.3 Å². The van der Waals surface area contributed by atoms with Gasteiger partial charge in [0.15, 0.2) is 0 Å². The molecule has 0 spiro atoms. The zero-order chi connectivity index (χ0) is 30.5. The number of nitrogens with zero attached hydrogens (tertiary/aromatic N) is 1. The second kappa shape index (κ2) is 11.9. The van der Waals surface area contributed by atoms with Gasteiger partial charge >= 0.3 is 6.03 Å². The van der Waals surface area contributed by atoms with Crippen LogP contribution in [-0.4, -0.2) is 69.5 Å². The number of benzene rings is 1. The van der Waals surface area contributed by atoms with Gasteiger partial charge in [-0.25, -0.2) is 4.79 Å². The summed E-state index contributed by atoms with van der Waals surface area (Å²) in [6.45, 7) is 0.147. The number of carbonyl (C=O) groups is 5. The summed E-state index contributed by atoms with van der Waals surface area (Å²) in [7, 11) is 0. The molecule has 43 heavy (non-hydrogen) atoms. The van der Waals surface area contributed by atoms with Crippen molar-refractivity contribution in [3.8, 4) is 0 Å². The lowest BCUT2D eigenvalue weighted by atomic mass is 9.94. The molecule has 5 aliphatic rings. The summed E-state index contributed by atoms with van der Waals surface area (Å²) >= 11 is 13.1. The highest BCUT2D eigenvalue weighted by Gasteiger charge is 2.74. The molecule has 1 heterocycles. The van der Waals surface area contributed by atoms with Crippen LogP contribution in [0.5, 0.6) is 0 Å². The number of alkyl halides is 2. The van der Waals surface area contributed by atoms with Crippen molar-refractivity contribution in [2.24, 2.45) is 29.4 Å². The number of piperidine rings is 1. The lowest BCUT2D eigenvalue weighted by Gasteiger charge is -2.35. The van der Waals surface area contributed by atoms with Crippen LogP contribution in [0.15, 0.2) is 24.3 Å². The third-order valence-corrected chi connectivity index (χ3v) is 11.1. The van der Waals surface area contributed by atoms with Crippen molar-refractivity contribution in [3.05, 3.63) is 35.4 Å². The molecule has 1 aliphatic heterocycles. The zero-order valence-corrected chi connectivity index (χ0v) is 25.5. The molecule has 10 nitrogen and oxygen atoms in total. The molecule has 232 valence electrons. The smallest absolute Gasteiger partial charge is 0.315 e. The third-order valence-electron chi connectivity index (χ3n) is 10.1. The number of urea groups is 1. The zero-order valence-electron chi connectivity index (χ0n) is 24.0. The van der Waals surface area contributed by atoms with Gasteiger partial charge in [0, 0.05) is 24.4 Å². The van der Waals surface area contributed by atoms with Crippen molar-refractivity contribution in [2.45, 2.75) is 92.7 Å². The van der Waals surface area contributed by atoms with Gasteiger partial charge in [-0.3, -0.25) is 19.2 Å². The predicted molar refractivity (Wildman–Crippen MR) is 160 cm³/mol. The third kappa shape index (κ3) is 6.23. The van der Waals surface area contributed by atoms with Gasteiger partial charge in [-0.15, -0.1) is 23.2 Å². The van der Waals surface area contributed by atoms with Crippen LogP contribution in [0, 0.1) is 23.7 Å². The first-order chi connectivity index (χ1) is 20.5. The van der Waals surface area contributed by atoms with Gasteiger partial charge in [-0.05, 0) is 55.1 Å². The van der Waals surface area contributed by atoms with Crippen LogP contribution in [0.25, 0.3) is 0 Å². The first kappa shape index (κ1) is 30.2. The first-order valence-electron chi connectivity index (χ1n) is 15.5. The maximum Gasteiger partial charge on any atom is 0.315 e. The van der Waals surface area contributed by atoms with E-state index in [9.17, 15) is 24.0 Å². The number of likely N-dealkylation sites (tertiary alicyclic amines) is 1. The van der Waals surface area contributed by atoms with Crippen molar-refractivity contribution in [1.82, 2.24) is 20.9 Å². The monoisotopic (exact) mass is 631 g/mol. The lowest BCUT2D eigenvalue weighted by Crippen LogP contribution is -2.60. The Morgan fingerprint density at radius 2 is 1.60 bits per heavy atom. The van der Waals surface area contributed by atoms with E-state index >= 15 is 0 Å². The molecule has 5 amide bonds. The summed E-state index contributed by atoms with van der Waals surface area (Å²) in [6.07, 6.45) is 8.40. The molecule has 3 saturated carbocycles. The molecule has 1 aromatic carbocycles. The Balaban J connectivity index is 1.23. The SMILES string of the molecule is NC(=O)C(=O)C(CC1CC1)NC(=O)[C@@H]1C2C(CN1C(=O)[C@@H](NC(=O)NC1CCCCC1)C1Cc3ccccc3C1)C2(Cl)Cl. The fourth-order valence-electron chi connectivity index (χ4n) is 7.48. The number of hydrogen-bond donors (Lipinski definition) is 4. The molecule has 4 aliphatic carbocycles. The normalized spacial score (nSPS) is 27.4. The van der Waals surface area contributed by atoms with Crippen molar-refractivity contribution < 1.29 is 24.0 Å². The van der Waals surface area contributed by atoms with Gasteiger partial charge in [-0.1, -0.05) is 56.4 Å². The summed E-state index contributed by atoms with van der Waals surface area (Å²) < 4.78 is -1.19. The molecule has 12 heteroatoms. The minimum Gasteiger partial charge on any atom is -0.363 e. The Morgan fingerprint density at radius 1 is 0.953 bits per heavy atom. The molecule has 0 aromatic heterocycles. The number of fused-ring (bicyclic) bond motifs is 2. The molecule has 0 radical (unpaired) electrons. The molecule has 6 rings (SSSR count). The van der Waals surface area contributed by atoms with Crippen molar-refractivity contribution in [2.75, 3.05) is 6.54 Å². The van der Waals surface area contributed by atoms with E-state index in [-0.39, 0.29) is 36.2 Å². The van der Waals surface area contributed by atoms with E-state index in [1.165, 1.54) is 4.90 Å². The Hall–Kier alpha value is -2.85. The fraction of sp³-hybridized carbons (Fsp3) is 0.645. The Bertz CT molecular complexity index is 1290. The van der Waals surface area contributed by atoms with E-state index in [2.05, 4.69) is 16.0 Å². The molecule has 3 unspecified atom stereocenters. The molecular formula is C31H39Cl2N5O5. The maximum absolute atomic E-state index is 14.4. The van der Waals surface area contributed by atoms with E-state index < -0.39 is 52.0 Å². The highest BCUT2D eigenvalue weighted by molar-refractivity contribution is 6.51. The maximum atomic E-state index is 14.4. The number of carbonyl (C=O) groups excluding carboxylic acids is 5. The van der Waals surface area contributed by atoms with Gasteiger partial charge in [0.1, 0.15) is 16.4 Å². The molecule has 4 fully saturated rings. The topological polar surface area (TPSA) is 151 Å². The number of hydrogen-bond acceptors (Lipinski definition) is 5. The number of halogens is 2. The average molecular weight is 633 g/mol. The van der Waals surface area contributed by atoms with E-state index in [0.717, 1.165) is 56.1 Å². The number of primary amides is 1. The van der Waals surface area contributed by atoms with Gasteiger partial charge in [0.05, 0.1) is 6.04 Å². The van der Waals surface area contributed by atoms with Crippen LogP contribution >= 0.6 is 23.2 Å². The lowest BCUT2D eigenvalue weighted by molar-refractivity contribution is -0.143. The van der Waals surface area contributed by atoms with E-state index in [1.54, 1.807) is 0 Å². The standard InChI is InChI=1S/C31H39Cl2N5O5/c32-31(33)21-15-38(25(23(21)31)28(41)36-22(12-16-10-11-16)26(39)27(34)40)29(42)24(19-13-17-6-4-5-7-18(17)14-19)37-30(43)35-20-8-2-1-3-9-20/h4-7,16,19-25H,1-3,8-15H2,(H2,34,40)(H,36,41)(H2,35,37,43)/t21?,22?,23?,24-,25-/m0/s1. The fourth-order valence-corrected chi connectivity index (χ4v) is 8.31. The summed E-state index contributed by atoms with van der Waals surface area (Å²) in [5, 5.41) is 8.74. The highest BCUT2D eigenvalue weighted by Crippen LogP contribution is 2.65. The van der Waals surface area contributed by atoms with Gasteiger partial charge in [0.25, 0.3) is 5.91 Å². The number of amides is 5. The average Bonchev–Trinajstić information content (AvgIpc) is 3.73. The predicted octanol–water partition coefficient (Wildman–Crippen LogP) is 2.37. The van der Waals surface area contributed by atoms with Crippen LogP contribution < -0.4 is 21.7 Å². The van der Waals surface area contributed by atoms with Crippen molar-refractivity contribution >= 4 is 52.7 Å². The molecule has 0 bridgehead atoms. The Kier molecular flexibility index (Phi) is 8.37. The molecule has 5 N–H and O–H groups in total. The van der Waals surface area contributed by atoms with Crippen LogP contribution in [0.1, 0.15) is 62.5 Å². The van der Waals surface area contributed by atoms with E-state index in [1.807, 2.05) is 24.3 Å².